The maximum atomic E-state index is 13.4. The van der Waals surface area contributed by atoms with E-state index >= 15 is 0 Å². The third-order valence-corrected chi connectivity index (χ3v) is 6.39. The Bertz CT molecular complexity index is 1020. The van der Waals surface area contributed by atoms with Gasteiger partial charge in [-0.05, 0) is 31.0 Å². The standard InChI is InChI=1S/C19H20N4O3S/c1-2-26-19-8-7-17(12-21-19)27(24,25)23-13-16(22-10-9-20-14-22)11-15-5-3-4-6-18(15)23/h3-10,12,14,16H,2,11,13H2,1H3. The minimum absolute atomic E-state index is 0.0205. The van der Waals surface area contributed by atoms with Crippen molar-refractivity contribution in [3.63, 3.8) is 0 Å². The summed E-state index contributed by atoms with van der Waals surface area (Å²) < 4.78 is 35.4. The molecule has 8 heteroatoms. The number of hydrogen-bond acceptors (Lipinski definition) is 5. The number of nitrogens with zero attached hydrogens (tertiary/aromatic N) is 4. The lowest BCUT2D eigenvalue weighted by molar-refractivity contribution is 0.326. The lowest BCUT2D eigenvalue weighted by Gasteiger charge is -2.35. The van der Waals surface area contributed by atoms with Crippen molar-refractivity contribution in [2.45, 2.75) is 24.3 Å². The first-order chi connectivity index (χ1) is 13.1. The Labute approximate surface area is 158 Å². The summed E-state index contributed by atoms with van der Waals surface area (Å²) in [7, 11) is -3.75. The summed E-state index contributed by atoms with van der Waals surface area (Å²) in [5.74, 6) is 0.409. The Morgan fingerprint density at radius 1 is 1.22 bits per heavy atom. The highest BCUT2D eigenvalue weighted by atomic mass is 32.2. The SMILES string of the molecule is CCOc1ccc(S(=O)(=O)N2CC(n3ccnc3)Cc3ccccc32)cn1. The predicted octanol–water partition coefficient (Wildman–Crippen LogP) is 2.67. The fourth-order valence-electron chi connectivity index (χ4n) is 3.33. The number of sulfonamides is 1. The first kappa shape index (κ1) is 17.5. The molecule has 0 fully saturated rings. The Morgan fingerprint density at radius 2 is 2.07 bits per heavy atom. The van der Waals surface area contributed by atoms with Crippen LogP contribution < -0.4 is 9.04 Å². The monoisotopic (exact) mass is 384 g/mol. The minimum atomic E-state index is -3.75. The van der Waals surface area contributed by atoms with E-state index in [2.05, 4.69) is 9.97 Å². The number of anilines is 1. The number of ether oxygens (including phenoxy) is 1. The van der Waals surface area contributed by atoms with E-state index < -0.39 is 10.0 Å². The van der Waals surface area contributed by atoms with Crippen LogP contribution in [-0.4, -0.2) is 36.1 Å². The summed E-state index contributed by atoms with van der Waals surface area (Å²) in [6.45, 7) is 2.67. The highest BCUT2D eigenvalue weighted by Crippen LogP contribution is 2.35. The van der Waals surface area contributed by atoms with E-state index in [0.717, 1.165) is 12.0 Å². The number of imidazole rings is 1. The average Bonchev–Trinajstić information content (AvgIpc) is 3.22. The maximum Gasteiger partial charge on any atom is 0.265 e. The van der Waals surface area contributed by atoms with Gasteiger partial charge in [-0.15, -0.1) is 0 Å². The van der Waals surface area contributed by atoms with Crippen LogP contribution in [0.15, 0.2) is 66.2 Å². The van der Waals surface area contributed by atoms with Crippen molar-refractivity contribution in [1.29, 1.82) is 0 Å². The van der Waals surface area contributed by atoms with E-state index in [1.165, 1.54) is 16.6 Å². The molecule has 0 amide bonds. The van der Waals surface area contributed by atoms with E-state index in [4.69, 9.17) is 4.74 Å². The van der Waals surface area contributed by atoms with Gasteiger partial charge in [0.15, 0.2) is 0 Å². The van der Waals surface area contributed by atoms with Crippen molar-refractivity contribution in [1.82, 2.24) is 14.5 Å². The normalized spacial score (nSPS) is 16.8. The topological polar surface area (TPSA) is 77.3 Å². The molecule has 3 aromatic rings. The molecule has 2 aromatic heterocycles. The van der Waals surface area contributed by atoms with Gasteiger partial charge in [-0.25, -0.2) is 18.4 Å². The second kappa shape index (κ2) is 7.03. The molecule has 3 heterocycles. The zero-order valence-electron chi connectivity index (χ0n) is 14.9. The minimum Gasteiger partial charge on any atom is -0.478 e. The van der Waals surface area contributed by atoms with Gasteiger partial charge in [-0.2, -0.15) is 0 Å². The molecule has 0 saturated heterocycles. The van der Waals surface area contributed by atoms with Crippen LogP contribution in [0.25, 0.3) is 0 Å². The van der Waals surface area contributed by atoms with Gasteiger partial charge >= 0.3 is 0 Å². The van der Waals surface area contributed by atoms with Crippen molar-refractivity contribution in [2.24, 2.45) is 0 Å². The molecule has 4 rings (SSSR count). The van der Waals surface area contributed by atoms with Crippen LogP contribution in [0.3, 0.4) is 0 Å². The summed E-state index contributed by atoms with van der Waals surface area (Å²) in [4.78, 5) is 8.35. The Hall–Kier alpha value is -2.87. The van der Waals surface area contributed by atoms with E-state index in [1.54, 1.807) is 18.6 Å². The lowest BCUT2D eigenvalue weighted by atomic mass is 10.00. The molecule has 140 valence electrons. The van der Waals surface area contributed by atoms with Gasteiger partial charge in [0, 0.05) is 18.5 Å². The van der Waals surface area contributed by atoms with E-state index in [-0.39, 0.29) is 10.9 Å². The molecule has 0 aliphatic carbocycles. The third kappa shape index (κ3) is 3.28. The molecular formula is C19H20N4O3S. The summed E-state index contributed by atoms with van der Waals surface area (Å²) in [5.41, 5.74) is 1.70. The molecule has 0 N–H and O–H groups in total. The van der Waals surface area contributed by atoms with Crippen molar-refractivity contribution < 1.29 is 13.2 Å². The van der Waals surface area contributed by atoms with Gasteiger partial charge in [0.2, 0.25) is 5.88 Å². The molecule has 1 aliphatic rings. The van der Waals surface area contributed by atoms with Crippen LogP contribution in [0.1, 0.15) is 18.5 Å². The van der Waals surface area contributed by atoms with E-state index in [0.29, 0.717) is 24.7 Å². The van der Waals surface area contributed by atoms with Crippen molar-refractivity contribution in [3.8, 4) is 5.88 Å². The number of aromatic nitrogens is 3. The molecule has 1 aliphatic heterocycles. The summed E-state index contributed by atoms with van der Waals surface area (Å²) in [5, 5.41) is 0. The number of rotatable bonds is 5. The first-order valence-electron chi connectivity index (χ1n) is 8.76. The highest BCUT2D eigenvalue weighted by Gasteiger charge is 2.34. The molecule has 0 radical (unpaired) electrons. The van der Waals surface area contributed by atoms with Crippen LogP contribution in [0, 0.1) is 0 Å². The predicted molar refractivity (Wildman–Crippen MR) is 101 cm³/mol. The zero-order chi connectivity index (χ0) is 18.9. The van der Waals surface area contributed by atoms with Crippen molar-refractivity contribution in [3.05, 3.63) is 66.9 Å². The largest absolute Gasteiger partial charge is 0.478 e. The summed E-state index contributed by atoms with van der Waals surface area (Å²) in [6.07, 6.45) is 7.39. The van der Waals surface area contributed by atoms with Gasteiger partial charge in [-0.1, -0.05) is 18.2 Å². The molecule has 7 nitrogen and oxygen atoms in total. The van der Waals surface area contributed by atoms with Gasteiger partial charge in [0.25, 0.3) is 10.0 Å². The molecular weight excluding hydrogens is 364 g/mol. The van der Waals surface area contributed by atoms with Crippen molar-refractivity contribution >= 4 is 15.7 Å². The lowest BCUT2D eigenvalue weighted by Crippen LogP contribution is -2.40. The number of fused-ring (bicyclic) bond motifs is 1. The van der Waals surface area contributed by atoms with Gasteiger partial charge in [0.05, 0.1) is 37.4 Å². The number of pyridine rings is 1. The van der Waals surface area contributed by atoms with Crippen LogP contribution in [-0.2, 0) is 16.4 Å². The average molecular weight is 384 g/mol. The van der Waals surface area contributed by atoms with Crippen LogP contribution in [0.5, 0.6) is 5.88 Å². The Balaban J connectivity index is 1.73. The second-order valence-electron chi connectivity index (χ2n) is 6.30. The quantitative estimate of drug-likeness (QED) is 0.676. The molecule has 0 saturated carbocycles. The molecule has 1 atom stereocenters. The van der Waals surface area contributed by atoms with Gasteiger partial charge in [-0.3, -0.25) is 4.31 Å². The Kier molecular flexibility index (Phi) is 4.57. The van der Waals surface area contributed by atoms with Gasteiger partial charge < -0.3 is 9.30 Å². The number of benzene rings is 1. The zero-order valence-corrected chi connectivity index (χ0v) is 15.7. The van der Waals surface area contributed by atoms with Crippen LogP contribution in [0.2, 0.25) is 0 Å². The molecule has 0 bridgehead atoms. The molecule has 1 aromatic carbocycles. The Morgan fingerprint density at radius 3 is 2.78 bits per heavy atom. The van der Waals surface area contributed by atoms with E-state index in [9.17, 15) is 8.42 Å². The van der Waals surface area contributed by atoms with Gasteiger partial charge in [0.1, 0.15) is 4.90 Å². The van der Waals surface area contributed by atoms with Crippen LogP contribution >= 0.6 is 0 Å². The number of para-hydroxylation sites is 1. The summed E-state index contributed by atoms with van der Waals surface area (Å²) in [6, 6.07) is 10.7. The molecule has 27 heavy (non-hydrogen) atoms. The highest BCUT2D eigenvalue weighted by molar-refractivity contribution is 7.92. The third-order valence-electron chi connectivity index (χ3n) is 4.63. The first-order valence-corrected chi connectivity index (χ1v) is 10.2. The molecule has 0 spiro atoms. The fourth-order valence-corrected chi connectivity index (χ4v) is 4.81. The fraction of sp³-hybridized carbons (Fsp3) is 0.263. The van der Waals surface area contributed by atoms with Crippen molar-refractivity contribution in [2.75, 3.05) is 17.5 Å². The van der Waals surface area contributed by atoms with Crippen LogP contribution in [0.4, 0.5) is 5.69 Å². The smallest absolute Gasteiger partial charge is 0.265 e. The maximum absolute atomic E-state index is 13.4. The molecule has 1 unspecified atom stereocenters. The van der Waals surface area contributed by atoms with E-state index in [1.807, 2.05) is 42.0 Å². The second-order valence-corrected chi connectivity index (χ2v) is 8.16. The number of hydrogen-bond donors (Lipinski definition) is 0. The summed E-state index contributed by atoms with van der Waals surface area (Å²) >= 11 is 0.